The zero-order valence-electron chi connectivity index (χ0n) is 18.1. The van der Waals surface area contributed by atoms with E-state index in [9.17, 15) is 13.2 Å². The topological polar surface area (TPSA) is 62.1 Å². The Kier molecular flexibility index (Phi) is 7.35. The molecular weight excluding hydrogens is 386 g/mol. The molecule has 2 atom stereocenters. The summed E-state index contributed by atoms with van der Waals surface area (Å²) in [4.78, 5) is 16.2. The number of nitrogens with zero attached hydrogens (tertiary/aromatic N) is 2. The molecule has 1 aromatic rings. The summed E-state index contributed by atoms with van der Waals surface area (Å²) in [5.74, 6) is 0.642. The Morgan fingerprint density at radius 3 is 2.38 bits per heavy atom. The van der Waals surface area contributed by atoms with Crippen molar-refractivity contribution in [1.29, 1.82) is 0 Å². The van der Waals surface area contributed by atoms with Crippen molar-refractivity contribution in [3.63, 3.8) is 0 Å². The molecule has 1 N–H and O–H groups in total. The van der Waals surface area contributed by atoms with Gasteiger partial charge in [0.25, 0.3) is 5.91 Å². The number of benzene rings is 1. The summed E-state index contributed by atoms with van der Waals surface area (Å²) in [6.45, 7) is 10.0. The van der Waals surface area contributed by atoms with Crippen LogP contribution in [0, 0.1) is 0 Å². The number of hydrogen-bond acceptors (Lipinski definition) is 3. The number of piperidine rings is 1. The van der Waals surface area contributed by atoms with Gasteiger partial charge in [0, 0.05) is 12.6 Å². The largest absolute Gasteiger partial charge is 0.335 e. The van der Waals surface area contributed by atoms with Gasteiger partial charge in [0.1, 0.15) is 0 Å². The van der Waals surface area contributed by atoms with Crippen LogP contribution in [0.5, 0.6) is 0 Å². The second-order valence-electron chi connectivity index (χ2n) is 8.64. The highest BCUT2D eigenvalue weighted by Gasteiger charge is 2.33. The van der Waals surface area contributed by atoms with Crippen LogP contribution < -0.4 is 4.90 Å². The van der Waals surface area contributed by atoms with Crippen molar-refractivity contribution in [2.45, 2.75) is 63.3 Å². The summed E-state index contributed by atoms with van der Waals surface area (Å²) >= 11 is 0. The van der Waals surface area contributed by atoms with Crippen LogP contribution in [0.1, 0.15) is 57.9 Å². The molecule has 2 fully saturated rings. The highest BCUT2D eigenvalue weighted by Crippen LogP contribution is 2.22. The van der Waals surface area contributed by atoms with E-state index in [-0.39, 0.29) is 5.91 Å². The molecule has 0 spiro atoms. The van der Waals surface area contributed by atoms with Gasteiger partial charge in [-0.25, -0.2) is 8.42 Å². The molecule has 0 aromatic heterocycles. The molecule has 0 unspecified atom stereocenters. The fourth-order valence-electron chi connectivity index (χ4n) is 4.36. The number of quaternary nitrogens is 1. The molecule has 1 aromatic carbocycles. The predicted molar refractivity (Wildman–Crippen MR) is 114 cm³/mol. The van der Waals surface area contributed by atoms with Gasteiger partial charge in [-0.05, 0) is 56.2 Å². The second kappa shape index (κ2) is 9.58. The fraction of sp³-hybridized carbons (Fsp3) is 0.682. The summed E-state index contributed by atoms with van der Waals surface area (Å²) in [5.41, 5.74) is 1.17. The molecule has 6 nitrogen and oxygen atoms in total. The summed E-state index contributed by atoms with van der Waals surface area (Å²) in [7, 11) is -3.47. The number of sulfonamides is 1. The fourth-order valence-corrected chi connectivity index (χ4v) is 5.80. The van der Waals surface area contributed by atoms with E-state index in [4.69, 9.17) is 0 Å². The van der Waals surface area contributed by atoms with E-state index in [1.807, 2.05) is 17.0 Å². The third-order valence-corrected chi connectivity index (χ3v) is 8.57. The van der Waals surface area contributed by atoms with Gasteiger partial charge >= 0.3 is 0 Å². The van der Waals surface area contributed by atoms with Crippen LogP contribution in [0.3, 0.4) is 0 Å². The van der Waals surface area contributed by atoms with Crippen molar-refractivity contribution >= 4 is 15.9 Å². The summed E-state index contributed by atoms with van der Waals surface area (Å²) in [5, 5.41) is 0. The first-order chi connectivity index (χ1) is 13.8. The van der Waals surface area contributed by atoms with Crippen molar-refractivity contribution in [3.8, 4) is 0 Å². The maximum Gasteiger partial charge on any atom is 0.277 e. The monoisotopic (exact) mass is 422 g/mol. The Hall–Kier alpha value is -1.44. The normalized spacial score (nSPS) is 23.1. The molecule has 2 aliphatic rings. The second-order valence-corrected chi connectivity index (χ2v) is 10.6. The van der Waals surface area contributed by atoms with Gasteiger partial charge in [0.2, 0.25) is 10.0 Å². The molecule has 162 valence electrons. The first kappa shape index (κ1) is 22.2. The van der Waals surface area contributed by atoms with Crippen molar-refractivity contribution in [2.75, 3.05) is 39.3 Å². The van der Waals surface area contributed by atoms with Crippen LogP contribution in [0.2, 0.25) is 0 Å². The van der Waals surface area contributed by atoms with Crippen LogP contribution in [-0.2, 0) is 14.8 Å². The molecule has 7 heteroatoms. The number of likely N-dealkylation sites (tertiary alicyclic amines) is 1. The van der Waals surface area contributed by atoms with E-state index in [0.29, 0.717) is 49.6 Å². The minimum Gasteiger partial charge on any atom is -0.335 e. The molecule has 3 rings (SSSR count). The molecule has 1 amide bonds. The lowest BCUT2D eigenvalue weighted by molar-refractivity contribution is -0.896. The van der Waals surface area contributed by atoms with Crippen molar-refractivity contribution in [2.24, 2.45) is 0 Å². The van der Waals surface area contributed by atoms with Gasteiger partial charge in [-0.3, -0.25) is 4.79 Å². The molecule has 0 bridgehead atoms. The quantitative estimate of drug-likeness (QED) is 0.756. The molecule has 0 saturated carbocycles. The Bertz CT molecular complexity index is 786. The Balaban J connectivity index is 1.56. The third-order valence-electron chi connectivity index (χ3n) is 6.65. The SMILES string of the molecule is CC[C@@H](C)c1ccc(S(=O)(=O)N2CC[NH+](CC(=O)N3CCCC[C@@H]3C)CC2)cc1. The highest BCUT2D eigenvalue weighted by atomic mass is 32.2. The van der Waals surface area contributed by atoms with E-state index in [1.54, 1.807) is 16.4 Å². The van der Waals surface area contributed by atoms with Gasteiger partial charge in [-0.2, -0.15) is 4.31 Å². The zero-order chi connectivity index (χ0) is 21.0. The molecule has 2 heterocycles. The number of piperazine rings is 1. The van der Waals surface area contributed by atoms with E-state index in [2.05, 4.69) is 20.8 Å². The maximum absolute atomic E-state index is 13.0. The van der Waals surface area contributed by atoms with Gasteiger partial charge in [0.05, 0.1) is 31.1 Å². The number of rotatable bonds is 6. The zero-order valence-corrected chi connectivity index (χ0v) is 18.9. The molecule has 0 aliphatic carbocycles. The van der Waals surface area contributed by atoms with Crippen molar-refractivity contribution in [3.05, 3.63) is 29.8 Å². The number of amides is 1. The smallest absolute Gasteiger partial charge is 0.277 e. The minimum absolute atomic E-state index is 0.212. The van der Waals surface area contributed by atoms with Crippen molar-refractivity contribution in [1.82, 2.24) is 9.21 Å². The summed E-state index contributed by atoms with van der Waals surface area (Å²) < 4.78 is 27.6. The molecule has 2 aliphatic heterocycles. The number of carbonyl (C=O) groups is 1. The van der Waals surface area contributed by atoms with Gasteiger partial charge < -0.3 is 9.80 Å². The highest BCUT2D eigenvalue weighted by molar-refractivity contribution is 7.89. The van der Waals surface area contributed by atoms with E-state index in [0.717, 1.165) is 25.8 Å². The predicted octanol–water partition coefficient (Wildman–Crippen LogP) is 1.49. The number of hydrogen-bond donors (Lipinski definition) is 1. The van der Waals surface area contributed by atoms with Crippen LogP contribution >= 0.6 is 0 Å². The standard InChI is InChI=1S/C22H35N3O3S/c1-4-18(2)20-8-10-21(11-9-20)29(27,28)24-15-13-23(14-16-24)17-22(26)25-12-6-5-7-19(25)3/h8-11,18-19H,4-7,12-17H2,1-3H3/p+1/t18-,19+/m1/s1. The summed E-state index contributed by atoms with van der Waals surface area (Å²) in [6, 6.07) is 7.66. The number of carbonyl (C=O) groups excluding carboxylic acids is 1. The molecular formula is C22H36N3O3S+. The van der Waals surface area contributed by atoms with E-state index < -0.39 is 10.0 Å². The van der Waals surface area contributed by atoms with Crippen LogP contribution in [-0.4, -0.2) is 68.8 Å². The molecule has 29 heavy (non-hydrogen) atoms. The Morgan fingerprint density at radius 2 is 1.79 bits per heavy atom. The van der Waals surface area contributed by atoms with Gasteiger partial charge in [-0.15, -0.1) is 0 Å². The Labute approximate surface area is 175 Å². The van der Waals surface area contributed by atoms with Gasteiger partial charge in [0.15, 0.2) is 6.54 Å². The minimum atomic E-state index is -3.47. The molecule has 2 saturated heterocycles. The first-order valence-electron chi connectivity index (χ1n) is 11.1. The molecule has 0 radical (unpaired) electrons. The van der Waals surface area contributed by atoms with E-state index in [1.165, 1.54) is 16.9 Å². The van der Waals surface area contributed by atoms with Crippen LogP contribution in [0.4, 0.5) is 0 Å². The van der Waals surface area contributed by atoms with Gasteiger partial charge in [-0.1, -0.05) is 26.0 Å². The van der Waals surface area contributed by atoms with Crippen molar-refractivity contribution < 1.29 is 18.1 Å². The maximum atomic E-state index is 13.0. The van der Waals surface area contributed by atoms with Crippen LogP contribution in [0.25, 0.3) is 0 Å². The third kappa shape index (κ3) is 5.19. The first-order valence-corrected chi connectivity index (χ1v) is 12.5. The van der Waals surface area contributed by atoms with Crippen LogP contribution in [0.15, 0.2) is 29.2 Å². The lowest BCUT2D eigenvalue weighted by atomic mass is 9.99. The lowest BCUT2D eigenvalue weighted by Crippen LogP contribution is -3.15. The average Bonchev–Trinajstić information content (AvgIpc) is 2.74. The lowest BCUT2D eigenvalue weighted by Gasteiger charge is -2.36. The summed E-state index contributed by atoms with van der Waals surface area (Å²) in [6.07, 6.45) is 4.41. The van der Waals surface area contributed by atoms with E-state index >= 15 is 0 Å². The Morgan fingerprint density at radius 1 is 1.14 bits per heavy atom. The average molecular weight is 423 g/mol. The number of nitrogens with one attached hydrogen (secondary N) is 1.